The van der Waals surface area contributed by atoms with E-state index >= 15 is 0 Å². The zero-order valence-electron chi connectivity index (χ0n) is 10.1. The molecule has 1 aromatic carbocycles. The lowest BCUT2D eigenvalue weighted by Gasteiger charge is -2.10. The molecule has 0 unspecified atom stereocenters. The lowest BCUT2D eigenvalue weighted by atomic mass is 10.2. The number of hydrogen-bond donors (Lipinski definition) is 2. The van der Waals surface area contributed by atoms with Gasteiger partial charge in [0, 0.05) is 10.7 Å². The lowest BCUT2D eigenvalue weighted by molar-refractivity contribution is 0.600. The van der Waals surface area contributed by atoms with Crippen molar-refractivity contribution in [2.75, 3.05) is 10.5 Å². The fourth-order valence-corrected chi connectivity index (χ4v) is 2.98. The Labute approximate surface area is 114 Å². The van der Waals surface area contributed by atoms with Crippen molar-refractivity contribution >= 4 is 33.3 Å². The number of nitrogens with two attached hydrogens (primary N) is 1. The van der Waals surface area contributed by atoms with Gasteiger partial charge < -0.3 is 5.73 Å². The predicted molar refractivity (Wildman–Crippen MR) is 70.2 cm³/mol. The molecule has 102 valence electrons. The molecule has 1 aromatic heterocycles. The number of rotatable bonds is 3. The Bertz CT molecular complexity index is 726. The summed E-state index contributed by atoms with van der Waals surface area (Å²) < 4.78 is 26.6. The third-order valence-electron chi connectivity index (χ3n) is 2.39. The summed E-state index contributed by atoms with van der Waals surface area (Å²) >= 11 is 5.82. The highest BCUT2D eigenvalue weighted by Crippen LogP contribution is 2.26. The first-order valence-electron chi connectivity index (χ1n) is 5.12. The minimum atomic E-state index is -3.87. The highest BCUT2D eigenvalue weighted by molar-refractivity contribution is 7.92. The smallest absolute Gasteiger partial charge is 0.277 e. The van der Waals surface area contributed by atoms with E-state index in [0.29, 0.717) is 11.3 Å². The van der Waals surface area contributed by atoms with E-state index in [1.165, 1.54) is 19.2 Å². The number of nitrogen functional groups attached to an aromatic ring is 1. The van der Waals surface area contributed by atoms with Crippen LogP contribution in [0.25, 0.3) is 0 Å². The van der Waals surface area contributed by atoms with Crippen molar-refractivity contribution in [1.29, 1.82) is 0 Å². The third kappa shape index (κ3) is 2.76. The Morgan fingerprint density at radius 1 is 1.42 bits per heavy atom. The quantitative estimate of drug-likeness (QED) is 0.800. The molecule has 0 radical (unpaired) electrons. The maximum Gasteiger partial charge on any atom is 0.277 e. The second kappa shape index (κ2) is 4.67. The Morgan fingerprint density at radius 2 is 2.11 bits per heavy atom. The molecule has 0 amide bonds. The molecule has 0 saturated heterocycles. The molecule has 2 aromatic rings. The molecule has 0 saturated carbocycles. The fraction of sp³-hybridized carbons (Fsp3) is 0.222. The van der Waals surface area contributed by atoms with Crippen LogP contribution >= 0.6 is 11.6 Å². The summed E-state index contributed by atoms with van der Waals surface area (Å²) in [6.07, 6.45) is 0. The molecule has 0 fully saturated rings. The summed E-state index contributed by atoms with van der Waals surface area (Å²) in [5.41, 5.74) is 6.39. The van der Waals surface area contributed by atoms with Crippen molar-refractivity contribution in [2.45, 2.75) is 11.8 Å². The minimum absolute atomic E-state index is 0.0232. The van der Waals surface area contributed by atoms with Crippen LogP contribution < -0.4 is 10.5 Å². The van der Waals surface area contributed by atoms with E-state index in [2.05, 4.69) is 20.1 Å². The van der Waals surface area contributed by atoms with Crippen LogP contribution in [0, 0.1) is 6.92 Å². The summed E-state index contributed by atoms with van der Waals surface area (Å²) in [5.74, 6) is -0.125. The largest absolute Gasteiger partial charge is 0.398 e. The van der Waals surface area contributed by atoms with Crippen molar-refractivity contribution in [3.05, 3.63) is 22.7 Å². The monoisotopic (exact) mass is 302 g/mol. The molecule has 0 bridgehead atoms. The summed E-state index contributed by atoms with van der Waals surface area (Å²) in [5, 5.41) is 11.0. The van der Waals surface area contributed by atoms with Crippen molar-refractivity contribution in [3.63, 3.8) is 0 Å². The molecular formula is C9H11ClN6O2S. The fourth-order valence-electron chi connectivity index (χ4n) is 1.45. The summed E-state index contributed by atoms with van der Waals surface area (Å²) in [7, 11) is -2.35. The molecule has 0 atom stereocenters. The zero-order valence-corrected chi connectivity index (χ0v) is 11.7. The van der Waals surface area contributed by atoms with Crippen LogP contribution in [0.3, 0.4) is 0 Å². The Balaban J connectivity index is 2.45. The van der Waals surface area contributed by atoms with Crippen LogP contribution in [0.2, 0.25) is 5.02 Å². The second-order valence-corrected chi connectivity index (χ2v) is 5.91. The topological polar surface area (TPSA) is 116 Å². The highest BCUT2D eigenvalue weighted by atomic mass is 35.5. The lowest BCUT2D eigenvalue weighted by Crippen LogP contribution is -2.16. The van der Waals surface area contributed by atoms with Gasteiger partial charge in [0.25, 0.3) is 16.0 Å². The number of halogens is 1. The van der Waals surface area contributed by atoms with Crippen LogP contribution in [-0.2, 0) is 17.1 Å². The molecule has 8 nitrogen and oxygen atoms in total. The number of hydrogen-bond acceptors (Lipinski definition) is 6. The van der Waals surface area contributed by atoms with Gasteiger partial charge in [0.2, 0.25) is 0 Å². The van der Waals surface area contributed by atoms with E-state index in [-0.39, 0.29) is 15.9 Å². The van der Waals surface area contributed by atoms with Gasteiger partial charge in [-0.3, -0.25) is 0 Å². The molecule has 0 aliphatic heterocycles. The molecule has 3 N–H and O–H groups in total. The van der Waals surface area contributed by atoms with E-state index < -0.39 is 10.0 Å². The Morgan fingerprint density at radius 3 is 2.68 bits per heavy atom. The number of aryl methyl sites for hydroxylation is 1. The van der Waals surface area contributed by atoms with Gasteiger partial charge in [-0.05, 0) is 29.8 Å². The first-order chi connectivity index (χ1) is 8.79. The molecule has 2 rings (SSSR count). The summed E-state index contributed by atoms with van der Waals surface area (Å²) in [4.78, 5) is 1.11. The molecule has 1 heterocycles. The van der Waals surface area contributed by atoms with Crippen LogP contribution in [-0.4, -0.2) is 28.6 Å². The highest BCUT2D eigenvalue weighted by Gasteiger charge is 2.21. The van der Waals surface area contributed by atoms with Gasteiger partial charge >= 0.3 is 0 Å². The SMILES string of the molecule is Cc1c(N)cc(Cl)cc1S(=O)(=O)Nc1nnn(C)n1. The second-order valence-electron chi connectivity index (χ2n) is 3.83. The number of aromatic nitrogens is 4. The van der Waals surface area contributed by atoms with E-state index in [0.717, 1.165) is 4.80 Å². The predicted octanol–water partition coefficient (Wildman–Crippen LogP) is 0.555. The van der Waals surface area contributed by atoms with Gasteiger partial charge in [-0.15, -0.1) is 5.10 Å². The maximum atomic E-state index is 12.2. The van der Waals surface area contributed by atoms with E-state index in [1.807, 2.05) is 0 Å². The van der Waals surface area contributed by atoms with Gasteiger partial charge in [-0.1, -0.05) is 16.7 Å². The number of nitrogens with one attached hydrogen (secondary N) is 1. The van der Waals surface area contributed by atoms with Crippen molar-refractivity contribution < 1.29 is 8.42 Å². The van der Waals surface area contributed by atoms with Gasteiger partial charge in [0.1, 0.15) is 0 Å². The van der Waals surface area contributed by atoms with E-state index in [4.69, 9.17) is 17.3 Å². The molecule has 10 heteroatoms. The van der Waals surface area contributed by atoms with Crippen LogP contribution in [0.4, 0.5) is 11.6 Å². The standard InChI is InChI=1S/C9H11ClN6O2S/c1-5-7(11)3-6(10)4-8(5)19(17,18)14-9-12-15-16(2)13-9/h3-4H,11H2,1-2H3,(H,13,14). The normalized spacial score (nSPS) is 11.5. The van der Waals surface area contributed by atoms with Crippen molar-refractivity contribution in [2.24, 2.45) is 7.05 Å². The molecule has 0 aliphatic carbocycles. The third-order valence-corrected chi connectivity index (χ3v) is 4.06. The Kier molecular flexibility index (Phi) is 3.33. The van der Waals surface area contributed by atoms with Gasteiger partial charge in [0.15, 0.2) is 0 Å². The van der Waals surface area contributed by atoms with Gasteiger partial charge in [0.05, 0.1) is 11.9 Å². The number of tetrazole rings is 1. The maximum absolute atomic E-state index is 12.2. The first kappa shape index (κ1) is 13.6. The van der Waals surface area contributed by atoms with Crippen LogP contribution in [0.15, 0.2) is 17.0 Å². The van der Waals surface area contributed by atoms with Crippen LogP contribution in [0.5, 0.6) is 0 Å². The summed E-state index contributed by atoms with van der Waals surface area (Å²) in [6.45, 7) is 1.59. The van der Waals surface area contributed by atoms with Crippen LogP contribution in [0.1, 0.15) is 5.56 Å². The van der Waals surface area contributed by atoms with Crippen molar-refractivity contribution in [1.82, 2.24) is 20.2 Å². The minimum Gasteiger partial charge on any atom is -0.398 e. The first-order valence-corrected chi connectivity index (χ1v) is 6.98. The molecule has 19 heavy (non-hydrogen) atoms. The number of sulfonamides is 1. The number of benzene rings is 1. The Hall–Kier alpha value is -1.87. The molecular weight excluding hydrogens is 292 g/mol. The summed E-state index contributed by atoms with van der Waals surface area (Å²) in [6, 6.07) is 2.79. The average molecular weight is 303 g/mol. The number of anilines is 2. The molecule has 0 aliphatic rings. The average Bonchev–Trinajstić information content (AvgIpc) is 2.68. The van der Waals surface area contributed by atoms with Gasteiger partial charge in [-0.2, -0.15) is 4.80 Å². The van der Waals surface area contributed by atoms with Crippen molar-refractivity contribution in [3.8, 4) is 0 Å². The van der Waals surface area contributed by atoms with Gasteiger partial charge in [-0.25, -0.2) is 13.1 Å². The molecule has 0 spiro atoms. The zero-order chi connectivity index (χ0) is 14.2. The van der Waals surface area contributed by atoms with E-state index in [9.17, 15) is 8.42 Å². The van der Waals surface area contributed by atoms with E-state index in [1.54, 1.807) is 6.92 Å². The number of nitrogens with zero attached hydrogens (tertiary/aromatic N) is 4.